The lowest BCUT2D eigenvalue weighted by atomic mass is 10.2. The van der Waals surface area contributed by atoms with Crippen LogP contribution in [0.3, 0.4) is 0 Å². The number of aromatic nitrogens is 3. The summed E-state index contributed by atoms with van der Waals surface area (Å²) in [5, 5.41) is 5.92. The average Bonchev–Trinajstić information content (AvgIpc) is 2.72. The van der Waals surface area contributed by atoms with Crippen LogP contribution in [0.4, 0.5) is 0 Å². The van der Waals surface area contributed by atoms with E-state index in [2.05, 4.69) is 10.1 Å². The van der Waals surface area contributed by atoms with Crippen molar-refractivity contribution >= 4 is 17.6 Å². The molecule has 2 rings (SSSR count). The molecular formula is C9H9N3OS. The van der Waals surface area contributed by atoms with E-state index < -0.39 is 0 Å². The third-order valence-electron chi connectivity index (χ3n) is 2.14. The molecule has 5 heteroatoms. The minimum absolute atomic E-state index is 0.753. The molecule has 2 heterocycles. The Morgan fingerprint density at radius 3 is 2.86 bits per heavy atom. The van der Waals surface area contributed by atoms with Crippen molar-refractivity contribution in [3.05, 3.63) is 22.1 Å². The van der Waals surface area contributed by atoms with Gasteiger partial charge in [-0.25, -0.2) is 9.67 Å². The van der Waals surface area contributed by atoms with E-state index in [0.29, 0.717) is 0 Å². The number of thiophene rings is 1. The van der Waals surface area contributed by atoms with Crippen molar-refractivity contribution in [3.63, 3.8) is 0 Å². The number of carbonyl (C=O) groups excluding carboxylic acids is 1. The van der Waals surface area contributed by atoms with E-state index in [9.17, 15) is 4.79 Å². The highest BCUT2D eigenvalue weighted by Crippen LogP contribution is 2.27. The van der Waals surface area contributed by atoms with E-state index in [-0.39, 0.29) is 0 Å². The largest absolute Gasteiger partial charge is 0.297 e. The summed E-state index contributed by atoms with van der Waals surface area (Å²) in [6.07, 6.45) is 2.38. The second kappa shape index (κ2) is 3.34. The molecule has 0 N–H and O–H groups in total. The van der Waals surface area contributed by atoms with Crippen molar-refractivity contribution in [2.75, 3.05) is 0 Å². The number of carbonyl (C=O) groups is 1. The summed E-state index contributed by atoms with van der Waals surface area (Å²) >= 11 is 1.43. The van der Waals surface area contributed by atoms with E-state index in [1.165, 1.54) is 17.7 Å². The first-order valence-corrected chi connectivity index (χ1v) is 4.99. The predicted octanol–water partition coefficient (Wildman–Crippen LogP) is 1.66. The normalized spacial score (nSPS) is 10.4. The highest BCUT2D eigenvalue weighted by atomic mass is 32.1. The smallest absolute Gasteiger partial charge is 0.160 e. The predicted molar refractivity (Wildman–Crippen MR) is 54.4 cm³/mol. The van der Waals surface area contributed by atoms with E-state index in [4.69, 9.17) is 0 Å². The quantitative estimate of drug-likeness (QED) is 0.704. The Bertz CT molecular complexity index is 472. The Balaban J connectivity index is 2.58. The Kier molecular flexibility index (Phi) is 2.17. The molecule has 0 unspecified atom stereocenters. The van der Waals surface area contributed by atoms with Gasteiger partial charge in [-0.1, -0.05) is 0 Å². The van der Waals surface area contributed by atoms with Crippen LogP contribution in [-0.2, 0) is 7.05 Å². The second-order valence-corrected chi connectivity index (χ2v) is 3.87. The zero-order valence-corrected chi connectivity index (χ0v) is 8.71. The van der Waals surface area contributed by atoms with Crippen LogP contribution >= 0.6 is 11.3 Å². The molecule has 72 valence electrons. The molecule has 4 nitrogen and oxygen atoms in total. The summed E-state index contributed by atoms with van der Waals surface area (Å²) in [5.41, 5.74) is 1.96. The maximum atomic E-state index is 10.7. The molecule has 0 fully saturated rings. The first kappa shape index (κ1) is 9.08. The van der Waals surface area contributed by atoms with Crippen LogP contribution in [0, 0.1) is 6.92 Å². The van der Waals surface area contributed by atoms with Gasteiger partial charge in [0.1, 0.15) is 6.33 Å². The molecule has 0 bridgehead atoms. The topological polar surface area (TPSA) is 47.8 Å². The minimum atomic E-state index is 0.753. The second-order valence-electron chi connectivity index (χ2n) is 2.96. The lowest BCUT2D eigenvalue weighted by molar-refractivity contribution is 0.112. The maximum absolute atomic E-state index is 10.7. The van der Waals surface area contributed by atoms with Crippen LogP contribution in [0.1, 0.15) is 15.2 Å². The molecule has 0 aliphatic carbocycles. The van der Waals surface area contributed by atoms with Gasteiger partial charge in [-0.3, -0.25) is 4.79 Å². The van der Waals surface area contributed by atoms with Crippen LogP contribution in [0.15, 0.2) is 11.7 Å². The molecular weight excluding hydrogens is 198 g/mol. The Labute approximate surface area is 85.2 Å². The van der Waals surface area contributed by atoms with Crippen LogP contribution in [0.2, 0.25) is 0 Å². The van der Waals surface area contributed by atoms with Gasteiger partial charge in [0.15, 0.2) is 12.1 Å². The Morgan fingerprint density at radius 2 is 2.36 bits per heavy atom. The fourth-order valence-electron chi connectivity index (χ4n) is 1.31. The average molecular weight is 207 g/mol. The highest BCUT2D eigenvalue weighted by molar-refractivity contribution is 7.12. The van der Waals surface area contributed by atoms with Gasteiger partial charge in [0.2, 0.25) is 0 Å². The Hall–Kier alpha value is -1.49. The molecule has 14 heavy (non-hydrogen) atoms. The van der Waals surface area contributed by atoms with Crippen molar-refractivity contribution in [2.45, 2.75) is 6.92 Å². The molecule has 2 aromatic rings. The van der Waals surface area contributed by atoms with Gasteiger partial charge in [0.05, 0.1) is 4.88 Å². The summed E-state index contributed by atoms with van der Waals surface area (Å²) in [6.45, 7) is 1.92. The molecule has 0 saturated heterocycles. The number of nitrogens with zero attached hydrogens (tertiary/aromatic N) is 3. The monoisotopic (exact) mass is 207 g/mol. The fourth-order valence-corrected chi connectivity index (χ4v) is 2.18. The number of aldehydes is 1. The lowest BCUT2D eigenvalue weighted by Gasteiger charge is -1.98. The minimum Gasteiger partial charge on any atom is -0.297 e. The summed E-state index contributed by atoms with van der Waals surface area (Å²) in [4.78, 5) is 15.6. The SMILES string of the molecule is Cc1c(-c2ncnn2C)csc1C=O. The van der Waals surface area contributed by atoms with Crippen molar-refractivity contribution in [2.24, 2.45) is 7.05 Å². The van der Waals surface area contributed by atoms with Gasteiger partial charge in [-0.2, -0.15) is 5.10 Å². The van der Waals surface area contributed by atoms with Crippen LogP contribution < -0.4 is 0 Å². The van der Waals surface area contributed by atoms with Crippen LogP contribution in [0.5, 0.6) is 0 Å². The molecule has 0 aliphatic heterocycles. The third-order valence-corrected chi connectivity index (χ3v) is 3.15. The molecule has 0 atom stereocenters. The van der Waals surface area contributed by atoms with Crippen LogP contribution in [-0.4, -0.2) is 21.1 Å². The van der Waals surface area contributed by atoms with Crippen molar-refractivity contribution in [1.82, 2.24) is 14.8 Å². The number of hydrogen-bond acceptors (Lipinski definition) is 4. The summed E-state index contributed by atoms with van der Waals surface area (Å²) in [5.74, 6) is 0.798. The lowest BCUT2D eigenvalue weighted by Crippen LogP contribution is -1.94. The first-order valence-electron chi connectivity index (χ1n) is 4.11. The van der Waals surface area contributed by atoms with E-state index in [0.717, 1.165) is 28.1 Å². The van der Waals surface area contributed by atoms with E-state index in [1.807, 2.05) is 19.4 Å². The highest BCUT2D eigenvalue weighted by Gasteiger charge is 2.12. The molecule has 0 radical (unpaired) electrons. The van der Waals surface area contributed by atoms with Gasteiger partial charge < -0.3 is 0 Å². The number of rotatable bonds is 2. The van der Waals surface area contributed by atoms with Gasteiger partial charge >= 0.3 is 0 Å². The van der Waals surface area contributed by atoms with Gasteiger partial charge in [0.25, 0.3) is 0 Å². The zero-order valence-electron chi connectivity index (χ0n) is 7.89. The standard InChI is InChI=1S/C9H9N3OS/c1-6-7(4-14-8(6)3-13)9-10-5-11-12(9)2/h3-5H,1-2H3. The van der Waals surface area contributed by atoms with Gasteiger partial charge in [-0.05, 0) is 12.5 Å². The molecule has 2 aromatic heterocycles. The molecule has 0 saturated carbocycles. The molecule has 0 aliphatic rings. The molecule has 0 spiro atoms. The summed E-state index contributed by atoms with van der Waals surface area (Å²) in [7, 11) is 1.83. The summed E-state index contributed by atoms with van der Waals surface area (Å²) in [6, 6.07) is 0. The molecule has 0 aromatic carbocycles. The zero-order chi connectivity index (χ0) is 10.1. The van der Waals surface area contributed by atoms with Gasteiger partial charge in [-0.15, -0.1) is 11.3 Å². The third kappa shape index (κ3) is 1.26. The summed E-state index contributed by atoms with van der Waals surface area (Å²) < 4.78 is 1.70. The fraction of sp³-hybridized carbons (Fsp3) is 0.222. The maximum Gasteiger partial charge on any atom is 0.160 e. The molecule has 0 amide bonds. The Morgan fingerprint density at radius 1 is 1.57 bits per heavy atom. The van der Waals surface area contributed by atoms with E-state index >= 15 is 0 Å². The van der Waals surface area contributed by atoms with Crippen molar-refractivity contribution in [3.8, 4) is 11.4 Å². The van der Waals surface area contributed by atoms with Crippen molar-refractivity contribution < 1.29 is 4.79 Å². The van der Waals surface area contributed by atoms with Gasteiger partial charge in [0, 0.05) is 18.0 Å². The number of hydrogen-bond donors (Lipinski definition) is 0. The van der Waals surface area contributed by atoms with E-state index in [1.54, 1.807) is 4.68 Å². The van der Waals surface area contributed by atoms with Crippen molar-refractivity contribution in [1.29, 1.82) is 0 Å². The number of aryl methyl sites for hydroxylation is 1. The first-order chi connectivity index (χ1) is 6.74. The van der Waals surface area contributed by atoms with Crippen LogP contribution in [0.25, 0.3) is 11.4 Å².